The first-order chi connectivity index (χ1) is 14.6. The van der Waals surface area contributed by atoms with Gasteiger partial charge in [-0.05, 0) is 46.1 Å². The Balaban J connectivity index is 1.95. The van der Waals surface area contributed by atoms with Gasteiger partial charge in [-0.15, -0.1) is 11.3 Å². The first kappa shape index (κ1) is 23.5. The van der Waals surface area contributed by atoms with E-state index in [0.29, 0.717) is 29.9 Å². The van der Waals surface area contributed by atoms with E-state index in [1.165, 1.54) is 15.9 Å². The minimum Gasteiger partial charge on any atom is -0.443 e. The Hall–Kier alpha value is -2.17. The van der Waals surface area contributed by atoms with Gasteiger partial charge in [-0.25, -0.2) is 15.0 Å². The van der Waals surface area contributed by atoms with E-state index in [2.05, 4.69) is 10.9 Å². The molecule has 2 aromatic rings. The predicted molar refractivity (Wildman–Crippen MR) is 121 cm³/mol. The van der Waals surface area contributed by atoms with Gasteiger partial charge in [0.25, 0.3) is 5.56 Å². The summed E-state index contributed by atoms with van der Waals surface area (Å²) in [6, 6.07) is -0.0482. The summed E-state index contributed by atoms with van der Waals surface area (Å²) in [5, 5.41) is 0.571. The summed E-state index contributed by atoms with van der Waals surface area (Å²) in [4.78, 5) is 40.0. The zero-order valence-corrected chi connectivity index (χ0v) is 19.7. The summed E-state index contributed by atoms with van der Waals surface area (Å²) >= 11 is 1.38. The topological polar surface area (TPSA) is 104 Å². The number of methoxy groups -OCH3 is 1. The van der Waals surface area contributed by atoms with E-state index in [1.54, 1.807) is 32.4 Å². The molecule has 2 heterocycles. The van der Waals surface area contributed by atoms with E-state index in [-0.39, 0.29) is 17.3 Å². The number of hydrogen-bond acceptors (Lipinski definition) is 7. The number of nitrogens with zero attached hydrogens (tertiary/aromatic N) is 2. The highest BCUT2D eigenvalue weighted by molar-refractivity contribution is 7.18. The van der Waals surface area contributed by atoms with Crippen LogP contribution in [0.15, 0.2) is 9.59 Å². The van der Waals surface area contributed by atoms with Crippen molar-refractivity contribution in [3.05, 3.63) is 31.3 Å². The first-order valence-electron chi connectivity index (χ1n) is 10.6. The molecule has 1 fully saturated rings. The molecule has 31 heavy (non-hydrogen) atoms. The lowest BCUT2D eigenvalue weighted by molar-refractivity contribution is 0.0497. The highest BCUT2D eigenvalue weighted by Gasteiger charge is 2.26. The number of nitrogens with one attached hydrogen (secondary N) is 2. The average molecular weight is 453 g/mol. The summed E-state index contributed by atoms with van der Waals surface area (Å²) in [6.45, 7) is 8.32. The molecule has 0 bridgehead atoms. The monoisotopic (exact) mass is 452 g/mol. The SMILES string of the molecule is COCCn1c(=O)n(C2CCCC2)c(=O)c2c(C)c(CNNC(=O)OC(C)(C)C)sc21. The van der Waals surface area contributed by atoms with Crippen molar-refractivity contribution in [1.82, 2.24) is 20.0 Å². The third-order valence-corrected chi connectivity index (χ3v) is 6.70. The Kier molecular flexibility index (Phi) is 7.23. The van der Waals surface area contributed by atoms with Crippen molar-refractivity contribution >= 4 is 27.6 Å². The number of rotatable bonds is 7. The van der Waals surface area contributed by atoms with E-state index in [0.717, 1.165) is 36.1 Å². The number of aromatic nitrogens is 2. The fourth-order valence-electron chi connectivity index (χ4n) is 3.94. The number of aryl methyl sites for hydroxylation is 1. The number of fused-ring (bicyclic) bond motifs is 1. The molecule has 1 amide bonds. The van der Waals surface area contributed by atoms with Crippen LogP contribution in [0.5, 0.6) is 0 Å². The van der Waals surface area contributed by atoms with E-state index < -0.39 is 11.7 Å². The van der Waals surface area contributed by atoms with Gasteiger partial charge in [-0.1, -0.05) is 12.8 Å². The molecule has 10 heteroatoms. The Morgan fingerprint density at radius 3 is 2.52 bits per heavy atom. The Morgan fingerprint density at radius 1 is 1.23 bits per heavy atom. The standard InChI is InChI=1S/C21H32N4O5S/c1-13-15(12-22-23-19(27)30-21(2,3)4)31-18-16(13)17(26)25(14-8-6-7-9-14)20(28)24(18)10-11-29-5/h14,22H,6-12H2,1-5H3,(H,23,27). The van der Waals surface area contributed by atoms with Crippen molar-refractivity contribution in [2.75, 3.05) is 13.7 Å². The molecular formula is C21H32N4O5S. The normalized spacial score (nSPS) is 15.0. The van der Waals surface area contributed by atoms with Crippen LogP contribution in [-0.2, 0) is 22.6 Å². The minimum atomic E-state index is -0.595. The smallest absolute Gasteiger partial charge is 0.422 e. The number of carbonyl (C=O) groups is 1. The van der Waals surface area contributed by atoms with E-state index in [9.17, 15) is 14.4 Å². The molecule has 0 radical (unpaired) electrons. The molecule has 3 rings (SSSR count). The van der Waals surface area contributed by atoms with Crippen molar-refractivity contribution in [3.63, 3.8) is 0 Å². The molecule has 0 spiro atoms. The van der Waals surface area contributed by atoms with Crippen LogP contribution in [0, 0.1) is 6.92 Å². The van der Waals surface area contributed by atoms with E-state index in [4.69, 9.17) is 9.47 Å². The Bertz CT molecular complexity index is 1060. The summed E-state index contributed by atoms with van der Waals surface area (Å²) in [6.07, 6.45) is 3.18. The van der Waals surface area contributed by atoms with Crippen LogP contribution >= 0.6 is 11.3 Å². The van der Waals surface area contributed by atoms with Crippen molar-refractivity contribution < 1.29 is 14.3 Å². The summed E-state index contributed by atoms with van der Waals surface area (Å²) in [7, 11) is 1.59. The van der Waals surface area contributed by atoms with Gasteiger partial charge in [0.05, 0.1) is 18.5 Å². The maximum atomic E-state index is 13.4. The fraction of sp³-hybridized carbons (Fsp3) is 0.667. The van der Waals surface area contributed by atoms with Crippen LogP contribution in [0.4, 0.5) is 4.79 Å². The van der Waals surface area contributed by atoms with Gasteiger partial charge in [-0.3, -0.25) is 19.4 Å². The van der Waals surface area contributed by atoms with Gasteiger partial charge >= 0.3 is 11.8 Å². The lowest BCUT2D eigenvalue weighted by Gasteiger charge is -2.19. The Labute approximate surface area is 185 Å². The molecule has 2 N–H and O–H groups in total. The number of hydrazine groups is 1. The third-order valence-electron chi connectivity index (χ3n) is 5.39. The van der Waals surface area contributed by atoms with E-state index in [1.807, 2.05) is 6.92 Å². The zero-order valence-electron chi connectivity index (χ0n) is 18.9. The van der Waals surface area contributed by atoms with Crippen LogP contribution in [0.25, 0.3) is 10.2 Å². The zero-order chi connectivity index (χ0) is 22.8. The molecule has 0 saturated heterocycles. The summed E-state index contributed by atoms with van der Waals surface area (Å²) in [5.74, 6) is 0. The lowest BCUT2D eigenvalue weighted by atomic mass is 10.2. The highest BCUT2D eigenvalue weighted by Crippen LogP contribution is 2.31. The van der Waals surface area contributed by atoms with Crippen LogP contribution in [0.2, 0.25) is 0 Å². The number of thiophene rings is 1. The van der Waals surface area contributed by atoms with Crippen molar-refractivity contribution in [2.45, 2.75) is 78.1 Å². The summed E-state index contributed by atoms with van der Waals surface area (Å²) in [5.41, 5.74) is 5.11. The second kappa shape index (κ2) is 9.54. The number of amides is 1. The molecule has 9 nitrogen and oxygen atoms in total. The molecule has 0 aliphatic heterocycles. The highest BCUT2D eigenvalue weighted by atomic mass is 32.1. The van der Waals surface area contributed by atoms with Gasteiger partial charge in [0.1, 0.15) is 10.4 Å². The van der Waals surface area contributed by atoms with Gasteiger partial charge < -0.3 is 9.47 Å². The van der Waals surface area contributed by atoms with Crippen LogP contribution in [0.3, 0.4) is 0 Å². The van der Waals surface area contributed by atoms with Crippen LogP contribution < -0.4 is 22.1 Å². The Morgan fingerprint density at radius 2 is 1.90 bits per heavy atom. The fourth-order valence-corrected chi connectivity index (χ4v) is 5.20. The molecule has 1 saturated carbocycles. The van der Waals surface area contributed by atoms with Gasteiger partial charge in [-0.2, -0.15) is 0 Å². The quantitative estimate of drug-likeness (QED) is 0.626. The molecule has 0 atom stereocenters. The van der Waals surface area contributed by atoms with Gasteiger partial charge in [0.2, 0.25) is 0 Å². The van der Waals surface area contributed by atoms with Crippen LogP contribution in [-0.4, -0.2) is 34.5 Å². The van der Waals surface area contributed by atoms with Crippen LogP contribution in [0.1, 0.15) is 62.9 Å². The number of carbonyl (C=O) groups excluding carboxylic acids is 1. The third kappa shape index (κ3) is 5.19. The lowest BCUT2D eigenvalue weighted by Crippen LogP contribution is -2.42. The van der Waals surface area contributed by atoms with E-state index >= 15 is 0 Å². The maximum absolute atomic E-state index is 13.4. The predicted octanol–water partition coefficient (Wildman–Crippen LogP) is 2.82. The molecule has 2 aromatic heterocycles. The van der Waals surface area contributed by atoms with Crippen molar-refractivity contribution in [3.8, 4) is 0 Å². The molecule has 1 aliphatic rings. The molecule has 0 aromatic carbocycles. The van der Waals surface area contributed by atoms with Gasteiger partial charge in [0.15, 0.2) is 0 Å². The first-order valence-corrected chi connectivity index (χ1v) is 11.4. The molecule has 0 unspecified atom stereocenters. The molecule has 1 aliphatic carbocycles. The van der Waals surface area contributed by atoms with Gasteiger partial charge in [0, 0.05) is 24.6 Å². The number of ether oxygens (including phenoxy) is 2. The average Bonchev–Trinajstić information content (AvgIpc) is 3.29. The maximum Gasteiger partial charge on any atom is 0.422 e. The molecule has 172 valence electrons. The summed E-state index contributed by atoms with van der Waals surface area (Å²) < 4.78 is 13.5. The van der Waals surface area contributed by atoms with Crippen molar-refractivity contribution in [2.24, 2.45) is 0 Å². The second-order valence-corrected chi connectivity index (χ2v) is 9.93. The largest absolute Gasteiger partial charge is 0.443 e. The molecular weight excluding hydrogens is 420 g/mol. The van der Waals surface area contributed by atoms with Crippen molar-refractivity contribution in [1.29, 1.82) is 0 Å². The second-order valence-electron chi connectivity index (χ2n) is 8.85. The number of hydrogen-bond donors (Lipinski definition) is 2. The minimum absolute atomic E-state index is 0.0482.